The monoisotopic (exact) mass is 526 g/mol. The molecule has 2 fully saturated rings. The quantitative estimate of drug-likeness (QED) is 0.375. The third-order valence-corrected chi connectivity index (χ3v) is 7.17. The second-order valence-corrected chi connectivity index (χ2v) is 9.74. The van der Waals surface area contributed by atoms with E-state index in [0.717, 1.165) is 25.5 Å². The Bertz CT molecular complexity index is 1560. The highest BCUT2D eigenvalue weighted by molar-refractivity contribution is 5.91. The number of fused-ring (bicyclic) bond motifs is 1. The molecule has 6 rings (SSSR count). The Morgan fingerprint density at radius 3 is 2.63 bits per heavy atom. The molecule has 0 amide bonds. The van der Waals surface area contributed by atoms with Gasteiger partial charge < -0.3 is 9.47 Å². The van der Waals surface area contributed by atoms with Crippen LogP contribution < -0.4 is 10.3 Å². The van der Waals surface area contributed by atoms with Gasteiger partial charge in [-0.3, -0.25) is 19.0 Å². The number of ether oxygens (including phenoxy) is 2. The Morgan fingerprint density at radius 2 is 1.95 bits per heavy atom. The highest BCUT2D eigenvalue weighted by Crippen LogP contribution is 2.40. The van der Waals surface area contributed by atoms with Crippen molar-refractivity contribution in [1.82, 2.24) is 29.3 Å². The van der Waals surface area contributed by atoms with Gasteiger partial charge in [0, 0.05) is 54.9 Å². The molecule has 0 unspecified atom stereocenters. The molecule has 9 nitrogen and oxygen atoms in total. The normalized spacial score (nSPS) is 20.1. The Hall–Kier alpha value is -3.80. The summed E-state index contributed by atoms with van der Waals surface area (Å²) in [5.41, 5.74) is 1.27. The van der Waals surface area contributed by atoms with Crippen LogP contribution in [-0.4, -0.2) is 43.0 Å². The van der Waals surface area contributed by atoms with E-state index < -0.39 is 17.6 Å². The molecular formula is C26H25F3N6O3. The Balaban J connectivity index is 1.46. The van der Waals surface area contributed by atoms with Gasteiger partial charge >= 0.3 is 6.18 Å². The number of alkyl halides is 3. The predicted octanol–water partition coefficient (Wildman–Crippen LogP) is 4.58. The number of methoxy groups -OCH3 is 1. The first-order valence-corrected chi connectivity index (χ1v) is 12.4. The third-order valence-electron chi connectivity index (χ3n) is 7.17. The van der Waals surface area contributed by atoms with E-state index in [0.29, 0.717) is 47.2 Å². The minimum atomic E-state index is -4.81. The van der Waals surface area contributed by atoms with Gasteiger partial charge in [0.25, 0.3) is 5.56 Å². The molecule has 4 aromatic heterocycles. The van der Waals surface area contributed by atoms with Crippen molar-refractivity contribution in [2.45, 2.75) is 49.9 Å². The van der Waals surface area contributed by atoms with Crippen LogP contribution in [-0.2, 0) is 18.0 Å². The van der Waals surface area contributed by atoms with Gasteiger partial charge in [0.15, 0.2) is 0 Å². The number of hydrogen-bond donors (Lipinski definition) is 0. The fourth-order valence-corrected chi connectivity index (χ4v) is 4.95. The second kappa shape index (κ2) is 9.19. The highest BCUT2D eigenvalue weighted by Gasteiger charge is 2.37. The zero-order valence-electron chi connectivity index (χ0n) is 20.8. The van der Waals surface area contributed by atoms with Gasteiger partial charge in [-0.1, -0.05) is 0 Å². The molecule has 1 saturated carbocycles. The molecular weight excluding hydrogens is 501 g/mol. The SMILES string of the molecule is COc1ccc(-c2nc([C@@H]3CCO[C@H](c4cnn(C5CC5)c4)C3)cc3c(=O)n(C)c(C(F)(F)F)nc23)cn1. The summed E-state index contributed by atoms with van der Waals surface area (Å²) in [7, 11) is 2.54. The summed E-state index contributed by atoms with van der Waals surface area (Å²) in [6.45, 7) is 0.479. The molecule has 12 heteroatoms. The van der Waals surface area contributed by atoms with Crippen molar-refractivity contribution >= 4 is 10.9 Å². The lowest BCUT2D eigenvalue weighted by Gasteiger charge is -2.29. The first-order valence-electron chi connectivity index (χ1n) is 12.4. The Kier molecular flexibility index (Phi) is 5.93. The van der Waals surface area contributed by atoms with Gasteiger partial charge in [-0.15, -0.1) is 0 Å². The van der Waals surface area contributed by atoms with Crippen LogP contribution in [0.4, 0.5) is 13.2 Å². The molecule has 1 aliphatic carbocycles. The molecule has 0 aromatic carbocycles. The summed E-state index contributed by atoms with van der Waals surface area (Å²) < 4.78 is 54.9. The van der Waals surface area contributed by atoms with Crippen molar-refractivity contribution in [2.24, 2.45) is 7.05 Å². The highest BCUT2D eigenvalue weighted by atomic mass is 19.4. The van der Waals surface area contributed by atoms with Gasteiger partial charge in [0.1, 0.15) is 5.52 Å². The summed E-state index contributed by atoms with van der Waals surface area (Å²) in [4.78, 5) is 26.0. The molecule has 198 valence electrons. The standard InChI is InChI=1S/C26H25F3N6O3/c1-34-24(36)18-10-19(14-7-8-38-20(9-14)16-12-31-35(13-16)17-4-5-17)32-22(15-3-6-21(37-2)30-11-15)23(18)33-25(34)26(27,28)29/h3,6,10-14,17,20H,4-5,7-9H2,1-2H3/t14-,20+/m1/s1. The van der Waals surface area contributed by atoms with Gasteiger partial charge in [-0.25, -0.2) is 9.97 Å². The number of rotatable bonds is 5. The lowest BCUT2D eigenvalue weighted by atomic mass is 9.89. The van der Waals surface area contributed by atoms with Gasteiger partial charge in [-0.2, -0.15) is 18.3 Å². The van der Waals surface area contributed by atoms with Gasteiger partial charge in [-0.05, 0) is 37.8 Å². The maximum atomic E-state index is 13.7. The Labute approximate surface area is 215 Å². The molecule has 0 N–H and O–H groups in total. The lowest BCUT2D eigenvalue weighted by molar-refractivity contribution is -0.147. The van der Waals surface area contributed by atoms with E-state index in [-0.39, 0.29) is 28.6 Å². The van der Waals surface area contributed by atoms with Crippen molar-refractivity contribution in [2.75, 3.05) is 13.7 Å². The van der Waals surface area contributed by atoms with Crippen LogP contribution in [0.3, 0.4) is 0 Å². The zero-order valence-corrected chi connectivity index (χ0v) is 20.8. The van der Waals surface area contributed by atoms with Crippen LogP contribution in [0.25, 0.3) is 22.2 Å². The maximum Gasteiger partial charge on any atom is 0.449 e. The molecule has 5 heterocycles. The molecule has 0 spiro atoms. The summed E-state index contributed by atoms with van der Waals surface area (Å²) in [5, 5.41) is 4.54. The fourth-order valence-electron chi connectivity index (χ4n) is 4.95. The van der Waals surface area contributed by atoms with Crippen LogP contribution in [0.2, 0.25) is 0 Å². The Morgan fingerprint density at radius 1 is 1.13 bits per heavy atom. The van der Waals surface area contributed by atoms with Crippen LogP contribution in [0.1, 0.15) is 60.8 Å². The molecule has 0 radical (unpaired) electrons. The summed E-state index contributed by atoms with van der Waals surface area (Å²) in [6.07, 6.45) is 3.79. The number of pyridine rings is 2. The number of aromatic nitrogens is 6. The first kappa shape index (κ1) is 24.5. The van der Waals surface area contributed by atoms with E-state index in [2.05, 4.69) is 15.1 Å². The van der Waals surface area contributed by atoms with E-state index in [1.54, 1.807) is 18.2 Å². The molecule has 0 bridgehead atoms. The molecule has 1 aliphatic heterocycles. The molecule has 4 aromatic rings. The van der Waals surface area contributed by atoms with Crippen molar-refractivity contribution in [1.29, 1.82) is 0 Å². The number of nitrogens with zero attached hydrogens (tertiary/aromatic N) is 6. The average molecular weight is 527 g/mol. The summed E-state index contributed by atoms with van der Waals surface area (Å²) in [5.74, 6) is -1.03. The summed E-state index contributed by atoms with van der Waals surface area (Å²) in [6, 6.07) is 5.26. The van der Waals surface area contributed by atoms with Crippen molar-refractivity contribution < 1.29 is 22.6 Å². The lowest BCUT2D eigenvalue weighted by Crippen LogP contribution is -2.28. The third kappa shape index (κ3) is 4.42. The van der Waals surface area contributed by atoms with Crippen LogP contribution in [0.5, 0.6) is 5.88 Å². The maximum absolute atomic E-state index is 13.7. The minimum Gasteiger partial charge on any atom is -0.481 e. The molecule has 2 aliphatic rings. The topological polar surface area (TPSA) is 97.0 Å². The van der Waals surface area contributed by atoms with Gasteiger partial charge in [0.05, 0.1) is 36.5 Å². The predicted molar refractivity (Wildman–Crippen MR) is 131 cm³/mol. The van der Waals surface area contributed by atoms with Crippen molar-refractivity contribution in [3.8, 4) is 17.1 Å². The van der Waals surface area contributed by atoms with Crippen molar-refractivity contribution in [3.05, 3.63) is 64.2 Å². The summed E-state index contributed by atoms with van der Waals surface area (Å²) >= 11 is 0. The number of halogens is 3. The van der Waals surface area contributed by atoms with Crippen LogP contribution in [0.15, 0.2) is 41.6 Å². The van der Waals surface area contributed by atoms with E-state index >= 15 is 0 Å². The molecule has 2 atom stereocenters. The largest absolute Gasteiger partial charge is 0.481 e. The average Bonchev–Trinajstić information content (AvgIpc) is 3.65. The molecule has 1 saturated heterocycles. The molecule has 38 heavy (non-hydrogen) atoms. The van der Waals surface area contributed by atoms with E-state index in [9.17, 15) is 18.0 Å². The number of hydrogen-bond acceptors (Lipinski definition) is 7. The zero-order chi connectivity index (χ0) is 26.6. The second-order valence-electron chi connectivity index (χ2n) is 9.74. The fraction of sp³-hybridized carbons (Fsp3) is 0.423. The van der Waals surface area contributed by atoms with E-state index in [4.69, 9.17) is 14.5 Å². The van der Waals surface area contributed by atoms with Crippen molar-refractivity contribution in [3.63, 3.8) is 0 Å². The van der Waals surface area contributed by atoms with Gasteiger partial charge in [0.2, 0.25) is 11.7 Å². The minimum absolute atomic E-state index is 0.0703. The van der Waals surface area contributed by atoms with Crippen LogP contribution >= 0.6 is 0 Å². The first-order chi connectivity index (χ1) is 18.2. The smallest absolute Gasteiger partial charge is 0.449 e. The van der Waals surface area contributed by atoms with E-state index in [1.165, 1.54) is 13.3 Å². The van der Waals surface area contributed by atoms with Crippen LogP contribution in [0, 0.1) is 0 Å². The van der Waals surface area contributed by atoms with E-state index in [1.807, 2.05) is 17.1 Å².